The molecule has 1 aromatic heterocycles. The fourth-order valence-electron chi connectivity index (χ4n) is 2.60. The highest BCUT2D eigenvalue weighted by molar-refractivity contribution is 5.51. The van der Waals surface area contributed by atoms with Crippen LogP contribution in [0.4, 0.5) is 0 Å². The summed E-state index contributed by atoms with van der Waals surface area (Å²) in [6.07, 6.45) is 1.03. The van der Waals surface area contributed by atoms with Crippen molar-refractivity contribution in [3.8, 4) is 11.5 Å². The second-order valence-electron chi connectivity index (χ2n) is 5.53. The summed E-state index contributed by atoms with van der Waals surface area (Å²) < 4.78 is 5.74. The smallest absolute Gasteiger partial charge is 0.247 e. The lowest BCUT2D eigenvalue weighted by Gasteiger charge is -2.34. The molecule has 3 rings (SSSR count). The Labute approximate surface area is 118 Å². The maximum Gasteiger partial charge on any atom is 0.247 e. The topological polar surface area (TPSA) is 68.2 Å². The molecule has 0 radical (unpaired) electrons. The number of rotatable bonds is 3. The third-order valence-corrected chi connectivity index (χ3v) is 3.90. The fourth-order valence-corrected chi connectivity index (χ4v) is 2.60. The van der Waals surface area contributed by atoms with E-state index in [0.717, 1.165) is 25.1 Å². The molecule has 1 aliphatic rings. The quantitative estimate of drug-likeness (QED) is 0.924. The van der Waals surface area contributed by atoms with Crippen molar-refractivity contribution in [2.24, 2.45) is 11.7 Å². The van der Waals surface area contributed by atoms with Crippen molar-refractivity contribution < 1.29 is 4.42 Å². The molecule has 0 aliphatic carbocycles. The van der Waals surface area contributed by atoms with Gasteiger partial charge in [0.15, 0.2) is 0 Å². The van der Waals surface area contributed by atoms with Crippen molar-refractivity contribution in [3.05, 3.63) is 36.2 Å². The zero-order valence-electron chi connectivity index (χ0n) is 11.7. The zero-order valence-corrected chi connectivity index (χ0v) is 11.7. The molecule has 1 aliphatic heterocycles. The number of hydrogen-bond acceptors (Lipinski definition) is 5. The maximum atomic E-state index is 6.04. The van der Waals surface area contributed by atoms with Crippen LogP contribution in [0.3, 0.4) is 0 Å². The maximum absolute atomic E-state index is 6.04. The van der Waals surface area contributed by atoms with Gasteiger partial charge in [-0.2, -0.15) is 0 Å². The minimum atomic E-state index is 0.314. The Morgan fingerprint density at radius 3 is 2.85 bits per heavy atom. The Kier molecular flexibility index (Phi) is 3.80. The summed E-state index contributed by atoms with van der Waals surface area (Å²) in [5, 5.41) is 8.26. The molecule has 1 fully saturated rings. The number of hydrogen-bond donors (Lipinski definition) is 1. The summed E-state index contributed by atoms with van der Waals surface area (Å²) in [6.45, 7) is 4.88. The summed E-state index contributed by atoms with van der Waals surface area (Å²) in [5.74, 6) is 1.77. The highest BCUT2D eigenvalue weighted by Gasteiger charge is 2.24. The highest BCUT2D eigenvalue weighted by atomic mass is 16.4. The molecule has 5 nitrogen and oxygen atoms in total. The number of likely N-dealkylation sites (tertiary alicyclic amines) is 1. The first-order chi connectivity index (χ1) is 9.72. The van der Waals surface area contributed by atoms with Gasteiger partial charge in [0.25, 0.3) is 0 Å². The van der Waals surface area contributed by atoms with Crippen LogP contribution in [0.25, 0.3) is 11.5 Å². The van der Waals surface area contributed by atoms with Gasteiger partial charge in [0.2, 0.25) is 11.8 Å². The van der Waals surface area contributed by atoms with E-state index in [2.05, 4.69) is 22.0 Å². The van der Waals surface area contributed by atoms with Crippen LogP contribution in [0.15, 0.2) is 34.7 Å². The normalized spacial score (nSPS) is 23.9. The van der Waals surface area contributed by atoms with Crippen LogP contribution < -0.4 is 5.73 Å². The second kappa shape index (κ2) is 5.73. The third-order valence-electron chi connectivity index (χ3n) is 3.90. The average molecular weight is 272 g/mol. The number of benzene rings is 1. The first-order valence-electron chi connectivity index (χ1n) is 7.08. The van der Waals surface area contributed by atoms with Crippen molar-refractivity contribution in [1.82, 2.24) is 15.1 Å². The monoisotopic (exact) mass is 272 g/mol. The van der Waals surface area contributed by atoms with Crippen molar-refractivity contribution in [2.75, 3.05) is 13.1 Å². The number of piperidine rings is 1. The van der Waals surface area contributed by atoms with E-state index >= 15 is 0 Å². The Bertz CT molecular complexity index is 554. The minimum absolute atomic E-state index is 0.314. The molecular formula is C15H20N4O. The third kappa shape index (κ3) is 2.89. The second-order valence-corrected chi connectivity index (χ2v) is 5.53. The van der Waals surface area contributed by atoms with Crippen LogP contribution in [0.1, 0.15) is 19.2 Å². The number of aromatic nitrogens is 2. The van der Waals surface area contributed by atoms with Gasteiger partial charge in [-0.05, 0) is 24.5 Å². The van der Waals surface area contributed by atoms with E-state index in [0.29, 0.717) is 30.3 Å². The van der Waals surface area contributed by atoms with E-state index in [-0.39, 0.29) is 0 Å². The highest BCUT2D eigenvalue weighted by Crippen LogP contribution is 2.20. The summed E-state index contributed by atoms with van der Waals surface area (Å²) in [4.78, 5) is 2.33. The predicted octanol–water partition coefficient (Wildman–Crippen LogP) is 1.91. The van der Waals surface area contributed by atoms with E-state index < -0.39 is 0 Å². The molecule has 2 aromatic rings. The SMILES string of the molecule is CC1CN(Cc2nnc(-c3ccccc3)o2)CCC1N. The molecule has 1 aromatic carbocycles. The molecule has 1 saturated heterocycles. The van der Waals surface area contributed by atoms with Crippen molar-refractivity contribution >= 4 is 0 Å². The van der Waals surface area contributed by atoms with E-state index in [1.54, 1.807) is 0 Å². The van der Waals surface area contributed by atoms with Crippen LogP contribution in [-0.2, 0) is 6.54 Å². The number of nitrogens with zero attached hydrogens (tertiary/aromatic N) is 3. The molecule has 2 heterocycles. The van der Waals surface area contributed by atoms with Gasteiger partial charge >= 0.3 is 0 Å². The lowest BCUT2D eigenvalue weighted by atomic mass is 9.95. The Morgan fingerprint density at radius 1 is 1.30 bits per heavy atom. The Balaban J connectivity index is 1.66. The fraction of sp³-hybridized carbons (Fsp3) is 0.467. The molecule has 0 bridgehead atoms. The average Bonchev–Trinajstić information content (AvgIpc) is 2.92. The molecule has 0 spiro atoms. The summed E-state index contributed by atoms with van der Waals surface area (Å²) in [5.41, 5.74) is 6.99. The standard InChI is InChI=1S/C15H20N4O/c1-11-9-19(8-7-13(11)16)10-14-17-18-15(20-14)12-5-3-2-4-6-12/h2-6,11,13H,7-10,16H2,1H3. The summed E-state index contributed by atoms with van der Waals surface area (Å²) >= 11 is 0. The summed E-state index contributed by atoms with van der Waals surface area (Å²) in [7, 11) is 0. The lowest BCUT2D eigenvalue weighted by molar-refractivity contribution is 0.146. The molecule has 5 heteroatoms. The van der Waals surface area contributed by atoms with Gasteiger partial charge in [-0.3, -0.25) is 4.90 Å². The van der Waals surface area contributed by atoms with Gasteiger partial charge in [-0.25, -0.2) is 0 Å². The minimum Gasteiger partial charge on any atom is -0.419 e. The van der Waals surface area contributed by atoms with Crippen LogP contribution >= 0.6 is 0 Å². The summed E-state index contributed by atoms with van der Waals surface area (Å²) in [6, 6.07) is 10.2. The van der Waals surface area contributed by atoms with E-state index in [1.165, 1.54) is 0 Å². The van der Waals surface area contributed by atoms with Gasteiger partial charge in [0.05, 0.1) is 6.54 Å². The van der Waals surface area contributed by atoms with Crippen molar-refractivity contribution in [2.45, 2.75) is 25.9 Å². The molecule has 2 N–H and O–H groups in total. The van der Waals surface area contributed by atoms with Crippen molar-refractivity contribution in [3.63, 3.8) is 0 Å². The predicted molar refractivity (Wildman–Crippen MR) is 76.8 cm³/mol. The lowest BCUT2D eigenvalue weighted by Crippen LogP contribution is -2.45. The van der Waals surface area contributed by atoms with Crippen LogP contribution in [0.2, 0.25) is 0 Å². The molecule has 106 valence electrons. The number of nitrogens with two attached hydrogens (primary N) is 1. The van der Waals surface area contributed by atoms with Gasteiger partial charge < -0.3 is 10.2 Å². The molecule has 20 heavy (non-hydrogen) atoms. The van der Waals surface area contributed by atoms with E-state index in [4.69, 9.17) is 10.2 Å². The molecule has 0 saturated carbocycles. The molecule has 2 atom stereocenters. The van der Waals surface area contributed by atoms with Gasteiger partial charge in [-0.1, -0.05) is 25.1 Å². The van der Waals surface area contributed by atoms with E-state index in [1.807, 2.05) is 30.3 Å². The van der Waals surface area contributed by atoms with Gasteiger partial charge in [0, 0.05) is 24.7 Å². The first-order valence-corrected chi connectivity index (χ1v) is 7.08. The van der Waals surface area contributed by atoms with Gasteiger partial charge in [-0.15, -0.1) is 10.2 Å². The van der Waals surface area contributed by atoms with Crippen LogP contribution in [0, 0.1) is 5.92 Å². The van der Waals surface area contributed by atoms with Crippen molar-refractivity contribution in [1.29, 1.82) is 0 Å². The largest absolute Gasteiger partial charge is 0.419 e. The van der Waals surface area contributed by atoms with Crippen LogP contribution in [0.5, 0.6) is 0 Å². The van der Waals surface area contributed by atoms with E-state index in [9.17, 15) is 0 Å². The molecule has 2 unspecified atom stereocenters. The van der Waals surface area contributed by atoms with Crippen LogP contribution in [-0.4, -0.2) is 34.2 Å². The zero-order chi connectivity index (χ0) is 13.9. The van der Waals surface area contributed by atoms with Gasteiger partial charge in [0.1, 0.15) is 0 Å². The Hall–Kier alpha value is -1.72. The first kappa shape index (κ1) is 13.3. The Morgan fingerprint density at radius 2 is 2.10 bits per heavy atom. The molecule has 0 amide bonds. The molecular weight excluding hydrogens is 252 g/mol.